The predicted molar refractivity (Wildman–Crippen MR) is 102 cm³/mol. The van der Waals surface area contributed by atoms with Crippen molar-refractivity contribution >= 4 is 77.0 Å². The quantitative estimate of drug-likeness (QED) is 0.433. The van der Waals surface area contributed by atoms with Crippen LogP contribution in [-0.2, 0) is 0 Å². The Bertz CT molecular complexity index is 873. The molecule has 0 atom stereocenters. The number of nitrogens with one attached hydrogen (secondary N) is 1. The molecule has 10 heteroatoms. The minimum atomic E-state index is -1.37. The summed E-state index contributed by atoms with van der Waals surface area (Å²) >= 11 is 9.21. The highest BCUT2D eigenvalue weighted by molar-refractivity contribution is 9.11. The van der Waals surface area contributed by atoms with Gasteiger partial charge in [0.05, 0.1) is 25.8 Å². The van der Waals surface area contributed by atoms with Crippen molar-refractivity contribution in [1.82, 2.24) is 0 Å². The third kappa shape index (κ3) is 3.86. The molecule has 0 bridgehead atoms. The number of amides is 1. The lowest BCUT2D eigenvalue weighted by Crippen LogP contribution is -2.16. The van der Waals surface area contributed by atoms with E-state index in [-0.39, 0.29) is 35.8 Å². The lowest BCUT2D eigenvalue weighted by atomic mass is 10.1. The van der Waals surface area contributed by atoms with Gasteiger partial charge < -0.3 is 21.3 Å². The average molecular weight is 537 g/mol. The van der Waals surface area contributed by atoms with Crippen molar-refractivity contribution in [2.75, 3.05) is 11.1 Å². The van der Waals surface area contributed by atoms with E-state index in [2.05, 4.69) is 53.1 Å². The van der Waals surface area contributed by atoms with Crippen LogP contribution in [0.4, 0.5) is 11.4 Å². The molecule has 0 saturated carbocycles. The maximum Gasteiger partial charge on any atom is 0.338 e. The Morgan fingerprint density at radius 1 is 0.920 bits per heavy atom. The normalized spacial score (nSPS) is 10.4. The third-order valence-electron chi connectivity index (χ3n) is 3.13. The fourth-order valence-corrected chi connectivity index (χ4v) is 4.88. The number of carbonyl (C=O) groups is 3. The van der Waals surface area contributed by atoms with Crippen LogP contribution < -0.4 is 11.1 Å². The molecule has 0 heterocycles. The lowest BCUT2D eigenvalue weighted by Gasteiger charge is -2.16. The largest absolute Gasteiger partial charge is 0.478 e. The maximum atomic E-state index is 12.4. The number of hydrogen-bond donors (Lipinski definition) is 4. The van der Waals surface area contributed by atoms with Gasteiger partial charge in [-0.1, -0.05) is 6.07 Å². The van der Waals surface area contributed by atoms with Crippen molar-refractivity contribution in [1.29, 1.82) is 0 Å². The van der Waals surface area contributed by atoms with E-state index in [1.165, 1.54) is 12.1 Å². The first kappa shape index (κ1) is 19.4. The van der Waals surface area contributed by atoms with Gasteiger partial charge >= 0.3 is 11.9 Å². The van der Waals surface area contributed by atoms with Crippen molar-refractivity contribution in [2.45, 2.75) is 0 Å². The molecule has 7 nitrogen and oxygen atoms in total. The van der Waals surface area contributed by atoms with Crippen molar-refractivity contribution in [2.24, 2.45) is 0 Å². The molecule has 1 amide bonds. The zero-order valence-electron chi connectivity index (χ0n) is 12.1. The molecular weight excluding hydrogens is 528 g/mol. The molecule has 0 saturated heterocycles. The van der Waals surface area contributed by atoms with Gasteiger partial charge in [-0.15, -0.1) is 0 Å². The SMILES string of the molecule is Nc1cccc(C(=O)Nc2c(Br)c(C(=O)O)c(Br)c(C(=O)O)c2Br)c1. The van der Waals surface area contributed by atoms with Crippen LogP contribution in [0.3, 0.4) is 0 Å². The van der Waals surface area contributed by atoms with E-state index in [1.54, 1.807) is 12.1 Å². The number of carboxylic acid groups (broad SMARTS) is 2. The van der Waals surface area contributed by atoms with Gasteiger partial charge in [-0.3, -0.25) is 4.79 Å². The Kier molecular flexibility index (Phi) is 5.86. The van der Waals surface area contributed by atoms with E-state index in [9.17, 15) is 24.6 Å². The second-order valence-electron chi connectivity index (χ2n) is 4.76. The standard InChI is InChI=1S/C15H9Br3N2O5/c16-9-7(14(22)23)10(17)12(11(18)8(9)15(24)25)20-13(21)5-2-1-3-6(19)4-5/h1-4H,19H2,(H,20,21)(H,22,23)(H,24,25). The number of halogens is 3. The van der Waals surface area contributed by atoms with Gasteiger partial charge in [0.1, 0.15) is 0 Å². The summed E-state index contributed by atoms with van der Waals surface area (Å²) in [5.74, 6) is -3.31. The number of nitrogens with two attached hydrogens (primary N) is 1. The highest BCUT2D eigenvalue weighted by Crippen LogP contribution is 2.42. The van der Waals surface area contributed by atoms with E-state index in [1.807, 2.05) is 0 Å². The smallest absolute Gasteiger partial charge is 0.338 e. The monoisotopic (exact) mass is 534 g/mol. The number of aromatic carboxylic acids is 2. The summed E-state index contributed by atoms with van der Waals surface area (Å²) < 4.78 is -0.102. The van der Waals surface area contributed by atoms with Crippen molar-refractivity contribution in [3.8, 4) is 0 Å². The maximum absolute atomic E-state index is 12.4. The number of carboxylic acids is 2. The second kappa shape index (κ2) is 7.54. The minimum Gasteiger partial charge on any atom is -0.478 e. The number of nitrogen functional groups attached to an aromatic ring is 1. The molecule has 0 aliphatic carbocycles. The number of anilines is 2. The number of rotatable bonds is 4. The highest BCUT2D eigenvalue weighted by atomic mass is 79.9. The van der Waals surface area contributed by atoms with Crippen LogP contribution in [0, 0.1) is 0 Å². The number of hydrogen-bond acceptors (Lipinski definition) is 4. The topological polar surface area (TPSA) is 130 Å². The van der Waals surface area contributed by atoms with Gasteiger partial charge in [0.2, 0.25) is 0 Å². The highest BCUT2D eigenvalue weighted by Gasteiger charge is 2.28. The zero-order valence-corrected chi connectivity index (χ0v) is 16.9. The number of benzene rings is 2. The lowest BCUT2D eigenvalue weighted by molar-refractivity contribution is 0.0694. The molecular formula is C15H9Br3N2O5. The molecule has 25 heavy (non-hydrogen) atoms. The van der Waals surface area contributed by atoms with Gasteiger partial charge in [-0.25, -0.2) is 9.59 Å². The van der Waals surface area contributed by atoms with Crippen LogP contribution in [0.2, 0.25) is 0 Å². The summed E-state index contributed by atoms with van der Waals surface area (Å²) in [5.41, 5.74) is 5.56. The first-order chi connectivity index (χ1) is 11.6. The van der Waals surface area contributed by atoms with E-state index < -0.39 is 17.8 Å². The fourth-order valence-electron chi connectivity index (χ4n) is 2.01. The van der Waals surface area contributed by atoms with Crippen LogP contribution in [0.1, 0.15) is 31.1 Å². The summed E-state index contributed by atoms with van der Waals surface area (Å²) in [7, 11) is 0. The molecule has 5 N–H and O–H groups in total. The van der Waals surface area contributed by atoms with E-state index in [4.69, 9.17) is 5.73 Å². The molecule has 0 unspecified atom stereocenters. The Balaban J connectivity index is 2.63. The van der Waals surface area contributed by atoms with Crippen molar-refractivity contribution in [3.05, 3.63) is 54.4 Å². The van der Waals surface area contributed by atoms with Crippen molar-refractivity contribution < 1.29 is 24.6 Å². The molecule has 2 aromatic rings. The Labute approximate surface area is 166 Å². The van der Waals surface area contributed by atoms with Gasteiger partial charge in [0, 0.05) is 15.7 Å². The Morgan fingerprint density at radius 3 is 1.88 bits per heavy atom. The molecule has 0 aliphatic rings. The minimum absolute atomic E-state index is 0.0148. The zero-order chi connectivity index (χ0) is 18.9. The summed E-state index contributed by atoms with van der Waals surface area (Å²) in [5, 5.41) is 21.2. The van der Waals surface area contributed by atoms with E-state index in [0.29, 0.717) is 5.69 Å². The summed E-state index contributed by atoms with van der Waals surface area (Å²) in [4.78, 5) is 35.4. The first-order valence-corrected chi connectivity index (χ1v) is 8.87. The van der Waals surface area contributed by atoms with Crippen LogP contribution >= 0.6 is 47.8 Å². The van der Waals surface area contributed by atoms with Crippen molar-refractivity contribution in [3.63, 3.8) is 0 Å². The molecule has 0 spiro atoms. The Hall–Kier alpha value is -1.91. The summed E-state index contributed by atoms with van der Waals surface area (Å²) in [6, 6.07) is 6.14. The molecule has 130 valence electrons. The molecule has 0 aromatic heterocycles. The molecule has 2 aromatic carbocycles. The van der Waals surface area contributed by atoms with Crippen LogP contribution in [0.15, 0.2) is 37.7 Å². The van der Waals surface area contributed by atoms with Gasteiger partial charge in [0.25, 0.3) is 5.91 Å². The Morgan fingerprint density at radius 2 is 1.44 bits per heavy atom. The molecule has 0 radical (unpaired) electrons. The van der Waals surface area contributed by atoms with Gasteiger partial charge in [-0.05, 0) is 66.0 Å². The first-order valence-electron chi connectivity index (χ1n) is 6.49. The predicted octanol–water partition coefficient (Wildman–Crippen LogP) is 4.21. The molecule has 2 rings (SSSR count). The summed E-state index contributed by atoms with van der Waals surface area (Å²) in [6.45, 7) is 0. The van der Waals surface area contributed by atoms with Gasteiger partial charge in [0.15, 0.2) is 0 Å². The van der Waals surface area contributed by atoms with Crippen LogP contribution in [0.5, 0.6) is 0 Å². The molecule has 0 fully saturated rings. The fraction of sp³-hybridized carbons (Fsp3) is 0. The summed E-state index contributed by atoms with van der Waals surface area (Å²) in [6.07, 6.45) is 0. The van der Waals surface area contributed by atoms with E-state index >= 15 is 0 Å². The third-order valence-corrected chi connectivity index (χ3v) is 5.51. The van der Waals surface area contributed by atoms with Crippen LogP contribution in [-0.4, -0.2) is 28.1 Å². The second-order valence-corrected chi connectivity index (χ2v) is 7.14. The van der Waals surface area contributed by atoms with E-state index in [0.717, 1.165) is 0 Å². The van der Waals surface area contributed by atoms with Gasteiger partial charge in [-0.2, -0.15) is 0 Å². The number of carbonyl (C=O) groups excluding carboxylic acids is 1. The average Bonchev–Trinajstić information content (AvgIpc) is 2.50. The van der Waals surface area contributed by atoms with Crippen LogP contribution in [0.25, 0.3) is 0 Å². The molecule has 0 aliphatic heterocycles.